The van der Waals surface area contributed by atoms with Gasteiger partial charge < -0.3 is 18.9 Å². The van der Waals surface area contributed by atoms with Crippen molar-refractivity contribution in [3.63, 3.8) is 0 Å². The third-order valence-corrected chi connectivity index (χ3v) is 4.95. The topological polar surface area (TPSA) is 86.6 Å². The Morgan fingerprint density at radius 1 is 1.12 bits per heavy atom. The Bertz CT molecular complexity index is 1120. The summed E-state index contributed by atoms with van der Waals surface area (Å²) >= 11 is 0. The second-order valence-electron chi connectivity index (χ2n) is 7.39. The predicted molar refractivity (Wildman–Crippen MR) is 117 cm³/mol. The third-order valence-electron chi connectivity index (χ3n) is 4.95. The van der Waals surface area contributed by atoms with E-state index in [2.05, 4.69) is 14.7 Å². The number of halogens is 2. The fourth-order valence-corrected chi connectivity index (χ4v) is 3.45. The molecule has 0 aliphatic carbocycles. The number of anilines is 1. The molecule has 0 spiro atoms. The molecule has 3 aromatic rings. The predicted octanol–water partition coefficient (Wildman–Crippen LogP) is 3.74. The number of esters is 1. The lowest BCUT2D eigenvalue weighted by atomic mass is 10.1. The van der Waals surface area contributed by atoms with E-state index in [4.69, 9.17) is 4.74 Å². The largest absolute Gasteiger partial charge is 0.453 e. The van der Waals surface area contributed by atoms with E-state index in [-0.39, 0.29) is 18.1 Å². The van der Waals surface area contributed by atoms with Crippen LogP contribution in [0.4, 0.5) is 14.7 Å². The monoisotopic (exact) mass is 458 g/mol. The van der Waals surface area contributed by atoms with Crippen LogP contribution in [0.15, 0.2) is 48.8 Å². The Balaban J connectivity index is 1.70. The number of hydrogen-bond acceptors (Lipinski definition) is 7. The highest BCUT2D eigenvalue weighted by Gasteiger charge is 2.25. The number of Topliss-reactive ketones (excluding diaryl/α,β-unsaturated/α-hetero) is 1. The fraction of sp³-hybridized carbons (Fsp3) is 0.304. The molecule has 1 atom stereocenters. The molecule has 0 radical (unpaired) electrons. The lowest BCUT2D eigenvalue weighted by Crippen LogP contribution is -2.33. The van der Waals surface area contributed by atoms with Gasteiger partial charge in [-0.05, 0) is 57.2 Å². The number of likely N-dealkylation sites (N-methyl/N-ethyl adjacent to an activating group) is 1. The maximum atomic E-state index is 13.0. The molecule has 8 nitrogen and oxygen atoms in total. The molecule has 0 aliphatic heterocycles. The van der Waals surface area contributed by atoms with Gasteiger partial charge in [0.1, 0.15) is 12.3 Å². The van der Waals surface area contributed by atoms with Crippen LogP contribution in [0.1, 0.15) is 28.7 Å². The molecule has 1 unspecified atom stereocenters. The highest BCUT2D eigenvalue weighted by Crippen LogP contribution is 2.24. The van der Waals surface area contributed by atoms with Gasteiger partial charge >= 0.3 is 12.6 Å². The van der Waals surface area contributed by atoms with E-state index in [1.807, 2.05) is 11.5 Å². The van der Waals surface area contributed by atoms with Crippen LogP contribution >= 0.6 is 0 Å². The normalized spacial score (nSPS) is 11.8. The molecule has 174 valence electrons. The van der Waals surface area contributed by atoms with Crippen molar-refractivity contribution in [2.45, 2.75) is 33.5 Å². The number of carbonyl (C=O) groups is 2. The first kappa shape index (κ1) is 23.8. The Hall–Kier alpha value is -3.82. The van der Waals surface area contributed by atoms with Gasteiger partial charge in [-0.2, -0.15) is 8.78 Å². The summed E-state index contributed by atoms with van der Waals surface area (Å²) in [7, 11) is 1.65. The average Bonchev–Trinajstić information content (AvgIpc) is 3.07. The van der Waals surface area contributed by atoms with E-state index in [1.54, 1.807) is 50.6 Å². The molecule has 0 bridgehead atoms. The first-order valence-electron chi connectivity index (χ1n) is 10.1. The van der Waals surface area contributed by atoms with Crippen LogP contribution in [0.2, 0.25) is 0 Å². The number of hydrogen-bond donors (Lipinski definition) is 0. The number of benzene rings is 1. The Morgan fingerprint density at radius 2 is 1.76 bits per heavy atom. The summed E-state index contributed by atoms with van der Waals surface area (Å²) in [5, 5.41) is 0. The van der Waals surface area contributed by atoms with E-state index < -0.39 is 18.7 Å². The summed E-state index contributed by atoms with van der Waals surface area (Å²) in [4.78, 5) is 35.0. The van der Waals surface area contributed by atoms with Crippen LogP contribution < -0.4 is 9.64 Å². The van der Waals surface area contributed by atoms with Gasteiger partial charge in [0.05, 0.1) is 0 Å². The van der Waals surface area contributed by atoms with Crippen LogP contribution in [-0.2, 0) is 9.53 Å². The second kappa shape index (κ2) is 10.2. The number of rotatable bonds is 9. The molecule has 2 aromatic heterocycles. The van der Waals surface area contributed by atoms with Crippen molar-refractivity contribution in [1.29, 1.82) is 0 Å². The molecule has 33 heavy (non-hydrogen) atoms. The summed E-state index contributed by atoms with van der Waals surface area (Å²) in [6.45, 7) is 2.08. The third kappa shape index (κ3) is 5.71. The number of aryl methyl sites for hydroxylation is 1. The summed E-state index contributed by atoms with van der Waals surface area (Å²) in [5.74, 6) is -0.533. The highest BCUT2D eigenvalue weighted by atomic mass is 19.3. The van der Waals surface area contributed by atoms with Crippen molar-refractivity contribution < 1.29 is 27.8 Å². The average molecular weight is 458 g/mol. The van der Waals surface area contributed by atoms with Crippen LogP contribution in [0.3, 0.4) is 0 Å². The highest BCUT2D eigenvalue weighted by molar-refractivity contribution is 6.01. The zero-order chi connectivity index (χ0) is 24.1. The van der Waals surface area contributed by atoms with Crippen molar-refractivity contribution in [2.75, 3.05) is 18.5 Å². The van der Waals surface area contributed by atoms with Crippen molar-refractivity contribution >= 4 is 17.7 Å². The summed E-state index contributed by atoms with van der Waals surface area (Å²) in [6, 6.07) is 9.47. The molecule has 0 saturated heterocycles. The maximum Gasteiger partial charge on any atom is 0.387 e. The van der Waals surface area contributed by atoms with E-state index >= 15 is 0 Å². The molecule has 0 N–H and O–H groups in total. The van der Waals surface area contributed by atoms with E-state index in [9.17, 15) is 18.4 Å². The summed E-state index contributed by atoms with van der Waals surface area (Å²) < 4.78 is 36.3. The Kier molecular flexibility index (Phi) is 7.37. The van der Waals surface area contributed by atoms with Crippen molar-refractivity contribution in [3.05, 3.63) is 65.7 Å². The minimum atomic E-state index is -2.90. The smallest absolute Gasteiger partial charge is 0.387 e. The van der Waals surface area contributed by atoms with Gasteiger partial charge in [0.25, 0.3) is 0 Å². The second-order valence-corrected chi connectivity index (χ2v) is 7.39. The lowest BCUT2D eigenvalue weighted by Gasteiger charge is -2.18. The minimum Gasteiger partial charge on any atom is -0.453 e. The first-order valence-corrected chi connectivity index (χ1v) is 10.1. The Labute approximate surface area is 189 Å². The van der Waals surface area contributed by atoms with Gasteiger partial charge in [-0.25, -0.2) is 9.97 Å². The standard InChI is InChI=1S/C23H24F2N4O4/c1-14-12-19(15(2)29(14)17-6-8-18(9-7-17)33-22(24)25)21(31)16(3)32-20(30)13-28(4)23-26-10-5-11-27-23/h5-12,16,22H,13H2,1-4H3. The maximum absolute atomic E-state index is 13.0. The number of aromatic nitrogens is 3. The number of alkyl halides is 2. The Morgan fingerprint density at radius 3 is 2.36 bits per heavy atom. The minimum absolute atomic E-state index is 0.0407. The first-order chi connectivity index (χ1) is 15.7. The molecule has 1 aromatic carbocycles. The van der Waals surface area contributed by atoms with Gasteiger partial charge in [0.15, 0.2) is 6.10 Å². The molecule has 0 fully saturated rings. The fourth-order valence-electron chi connectivity index (χ4n) is 3.45. The van der Waals surface area contributed by atoms with Crippen LogP contribution in [0.25, 0.3) is 5.69 Å². The van der Waals surface area contributed by atoms with E-state index in [0.717, 1.165) is 5.69 Å². The van der Waals surface area contributed by atoms with Crippen LogP contribution in [0.5, 0.6) is 5.75 Å². The summed E-state index contributed by atoms with van der Waals surface area (Å²) in [6.07, 6.45) is 2.12. The van der Waals surface area contributed by atoms with Crippen LogP contribution in [-0.4, -0.2) is 52.6 Å². The molecule has 2 heterocycles. The van der Waals surface area contributed by atoms with Crippen LogP contribution in [0, 0.1) is 13.8 Å². The SMILES string of the molecule is Cc1cc(C(=O)C(C)OC(=O)CN(C)c2ncccn2)c(C)n1-c1ccc(OC(F)F)cc1. The number of ether oxygens (including phenoxy) is 2. The van der Waals surface area contributed by atoms with Crippen molar-refractivity contribution in [2.24, 2.45) is 0 Å². The molecule has 0 amide bonds. The molecule has 10 heteroatoms. The molecular weight excluding hydrogens is 434 g/mol. The molecule has 3 rings (SSSR count). The van der Waals surface area contributed by atoms with Crippen molar-refractivity contribution in [1.82, 2.24) is 14.5 Å². The van der Waals surface area contributed by atoms with E-state index in [1.165, 1.54) is 24.0 Å². The number of ketones is 1. The van der Waals surface area contributed by atoms with Crippen molar-refractivity contribution in [3.8, 4) is 11.4 Å². The quantitative estimate of drug-likeness (QED) is 0.357. The van der Waals surface area contributed by atoms with Gasteiger partial charge in [-0.15, -0.1) is 0 Å². The van der Waals surface area contributed by atoms with Gasteiger partial charge in [0.2, 0.25) is 11.7 Å². The van der Waals surface area contributed by atoms with Gasteiger partial charge in [-0.3, -0.25) is 9.59 Å². The van der Waals surface area contributed by atoms with Gasteiger partial charge in [-0.1, -0.05) is 0 Å². The zero-order valence-electron chi connectivity index (χ0n) is 18.7. The van der Waals surface area contributed by atoms with Gasteiger partial charge in [0, 0.05) is 42.1 Å². The molecule has 0 aliphatic rings. The molecule has 0 saturated carbocycles. The summed E-state index contributed by atoms with van der Waals surface area (Å²) in [5.41, 5.74) is 2.48. The molecular formula is C23H24F2N4O4. The lowest BCUT2D eigenvalue weighted by molar-refractivity contribution is -0.144. The number of nitrogens with zero attached hydrogens (tertiary/aromatic N) is 4. The number of carbonyl (C=O) groups excluding carboxylic acids is 2. The van der Waals surface area contributed by atoms with E-state index in [0.29, 0.717) is 22.9 Å². The zero-order valence-corrected chi connectivity index (χ0v) is 18.7.